The van der Waals surface area contributed by atoms with Crippen LogP contribution in [-0.2, 0) is 6.18 Å². The van der Waals surface area contributed by atoms with Gasteiger partial charge in [-0.25, -0.2) is 4.68 Å². The van der Waals surface area contributed by atoms with E-state index in [2.05, 4.69) is 18.9 Å². The minimum Gasteiger partial charge on any atom is -0.238 e. The fourth-order valence-corrected chi connectivity index (χ4v) is 1.70. The predicted molar refractivity (Wildman–Crippen MR) is 74.0 cm³/mol. The molecule has 0 aliphatic rings. The molecule has 0 saturated carbocycles. The smallest absolute Gasteiger partial charge is 0.238 e. The molecule has 20 heavy (non-hydrogen) atoms. The first-order chi connectivity index (χ1) is 9.29. The van der Waals surface area contributed by atoms with E-state index in [4.69, 9.17) is 0 Å². The van der Waals surface area contributed by atoms with E-state index in [9.17, 15) is 13.2 Å². The van der Waals surface area contributed by atoms with Gasteiger partial charge in [-0.15, -0.1) is 0 Å². The van der Waals surface area contributed by atoms with Crippen molar-refractivity contribution in [3.8, 4) is 5.69 Å². The molecule has 0 fully saturated rings. The maximum absolute atomic E-state index is 12.6. The lowest BCUT2D eigenvalue weighted by Gasteiger charge is -2.09. The van der Waals surface area contributed by atoms with Gasteiger partial charge in [0.15, 0.2) is 0 Å². The SMILES string of the molecule is CCC.Cc1cc(C)n(-c2cccc(C(F)(F)F)c2)n1. The molecule has 0 spiro atoms. The van der Waals surface area contributed by atoms with Crippen molar-refractivity contribution in [1.29, 1.82) is 0 Å². The van der Waals surface area contributed by atoms with Crippen LogP contribution in [0.5, 0.6) is 0 Å². The third-order valence-electron chi connectivity index (χ3n) is 2.43. The number of aryl methyl sites for hydroxylation is 2. The third-order valence-corrected chi connectivity index (χ3v) is 2.43. The summed E-state index contributed by atoms with van der Waals surface area (Å²) in [5.74, 6) is 0. The topological polar surface area (TPSA) is 17.8 Å². The van der Waals surface area contributed by atoms with Gasteiger partial charge in [0.2, 0.25) is 0 Å². The van der Waals surface area contributed by atoms with Gasteiger partial charge in [0.05, 0.1) is 16.9 Å². The lowest BCUT2D eigenvalue weighted by molar-refractivity contribution is -0.137. The number of aromatic nitrogens is 2. The van der Waals surface area contributed by atoms with Crippen LogP contribution in [0.15, 0.2) is 30.3 Å². The normalized spacial score (nSPS) is 10.9. The minimum absolute atomic E-state index is 0.422. The van der Waals surface area contributed by atoms with E-state index >= 15 is 0 Å². The van der Waals surface area contributed by atoms with Crippen molar-refractivity contribution in [3.05, 3.63) is 47.3 Å². The minimum atomic E-state index is -4.33. The van der Waals surface area contributed by atoms with Crippen molar-refractivity contribution in [3.63, 3.8) is 0 Å². The van der Waals surface area contributed by atoms with Crippen LogP contribution in [0.25, 0.3) is 5.69 Å². The number of halogens is 3. The highest BCUT2D eigenvalue weighted by Gasteiger charge is 2.30. The van der Waals surface area contributed by atoms with Crippen molar-refractivity contribution < 1.29 is 13.2 Å². The fourth-order valence-electron chi connectivity index (χ4n) is 1.70. The standard InChI is InChI=1S/C12H11F3N2.C3H8/c1-8-6-9(2)17(16-8)11-5-3-4-10(7-11)12(13,14)15;1-3-2/h3-7H,1-2H3;3H2,1-2H3. The van der Waals surface area contributed by atoms with E-state index in [-0.39, 0.29) is 0 Å². The number of hydrogen-bond acceptors (Lipinski definition) is 1. The first-order valence-corrected chi connectivity index (χ1v) is 6.50. The second-order valence-corrected chi connectivity index (χ2v) is 4.59. The summed E-state index contributed by atoms with van der Waals surface area (Å²) in [5, 5.41) is 4.15. The molecule has 0 amide bonds. The second kappa shape index (κ2) is 6.59. The molecule has 0 atom stereocenters. The largest absolute Gasteiger partial charge is 0.416 e. The molecule has 0 saturated heterocycles. The predicted octanol–water partition coefficient (Wildman–Crippen LogP) is 4.92. The average molecular weight is 284 g/mol. The Morgan fingerprint density at radius 3 is 2.15 bits per heavy atom. The van der Waals surface area contributed by atoms with Crippen molar-refractivity contribution in [2.24, 2.45) is 0 Å². The number of alkyl halides is 3. The number of rotatable bonds is 1. The lowest BCUT2D eigenvalue weighted by atomic mass is 10.2. The molecule has 2 aromatic rings. The summed E-state index contributed by atoms with van der Waals surface area (Å²) in [6.45, 7) is 7.86. The molecule has 5 heteroatoms. The summed E-state index contributed by atoms with van der Waals surface area (Å²) in [5.41, 5.74) is 1.34. The average Bonchev–Trinajstić information content (AvgIpc) is 2.69. The van der Waals surface area contributed by atoms with Crippen LogP contribution in [0.2, 0.25) is 0 Å². The van der Waals surface area contributed by atoms with Gasteiger partial charge >= 0.3 is 6.18 Å². The number of nitrogens with zero attached hydrogens (tertiary/aromatic N) is 2. The molecule has 0 N–H and O–H groups in total. The summed E-state index contributed by atoms with van der Waals surface area (Å²) >= 11 is 0. The maximum atomic E-state index is 12.6. The Morgan fingerprint density at radius 2 is 1.70 bits per heavy atom. The molecule has 2 nitrogen and oxygen atoms in total. The molecule has 0 aliphatic heterocycles. The molecular weight excluding hydrogens is 265 g/mol. The Hall–Kier alpha value is -1.78. The summed E-state index contributed by atoms with van der Waals surface area (Å²) in [4.78, 5) is 0. The summed E-state index contributed by atoms with van der Waals surface area (Å²) in [6, 6.07) is 6.96. The van der Waals surface area contributed by atoms with E-state index < -0.39 is 11.7 Å². The van der Waals surface area contributed by atoms with Crippen LogP contribution < -0.4 is 0 Å². The highest BCUT2D eigenvalue weighted by Crippen LogP contribution is 2.30. The quantitative estimate of drug-likeness (QED) is 0.726. The summed E-state index contributed by atoms with van der Waals surface area (Å²) in [7, 11) is 0. The van der Waals surface area contributed by atoms with Gasteiger partial charge in [-0.2, -0.15) is 18.3 Å². The molecule has 0 unspecified atom stereocenters. The van der Waals surface area contributed by atoms with Crippen LogP contribution >= 0.6 is 0 Å². The number of hydrogen-bond donors (Lipinski definition) is 0. The van der Waals surface area contributed by atoms with Crippen LogP contribution in [0.4, 0.5) is 13.2 Å². The van der Waals surface area contributed by atoms with Gasteiger partial charge in [0, 0.05) is 5.69 Å². The van der Waals surface area contributed by atoms with Crippen LogP contribution in [0.3, 0.4) is 0 Å². The Morgan fingerprint density at radius 1 is 1.10 bits per heavy atom. The maximum Gasteiger partial charge on any atom is 0.416 e. The van der Waals surface area contributed by atoms with Crippen molar-refractivity contribution in [2.45, 2.75) is 40.3 Å². The van der Waals surface area contributed by atoms with Crippen molar-refractivity contribution in [2.75, 3.05) is 0 Å². The fraction of sp³-hybridized carbons (Fsp3) is 0.400. The highest BCUT2D eigenvalue weighted by atomic mass is 19.4. The van der Waals surface area contributed by atoms with Crippen LogP contribution in [0.1, 0.15) is 37.2 Å². The molecule has 1 aromatic carbocycles. The lowest BCUT2D eigenvalue weighted by Crippen LogP contribution is -2.07. The molecule has 110 valence electrons. The first-order valence-electron chi connectivity index (χ1n) is 6.50. The molecule has 0 bridgehead atoms. The van der Waals surface area contributed by atoms with Crippen LogP contribution in [0, 0.1) is 13.8 Å². The first kappa shape index (κ1) is 16.3. The van der Waals surface area contributed by atoms with E-state index in [0.717, 1.165) is 23.5 Å². The van der Waals surface area contributed by atoms with Crippen molar-refractivity contribution >= 4 is 0 Å². The monoisotopic (exact) mass is 284 g/mol. The van der Waals surface area contributed by atoms with Gasteiger partial charge in [-0.05, 0) is 38.1 Å². The third kappa shape index (κ3) is 4.11. The van der Waals surface area contributed by atoms with Gasteiger partial charge in [0.25, 0.3) is 0 Å². The van der Waals surface area contributed by atoms with Gasteiger partial charge in [0.1, 0.15) is 0 Å². The van der Waals surface area contributed by atoms with Crippen molar-refractivity contribution in [1.82, 2.24) is 9.78 Å². The van der Waals surface area contributed by atoms with Gasteiger partial charge in [-0.3, -0.25) is 0 Å². The Kier molecular flexibility index (Phi) is 5.36. The molecular formula is C15H19F3N2. The van der Waals surface area contributed by atoms with E-state index in [1.165, 1.54) is 17.2 Å². The van der Waals surface area contributed by atoms with E-state index in [1.807, 2.05) is 6.07 Å². The van der Waals surface area contributed by atoms with E-state index in [0.29, 0.717) is 5.69 Å². The second-order valence-electron chi connectivity index (χ2n) is 4.59. The highest BCUT2D eigenvalue weighted by molar-refractivity contribution is 5.38. The number of benzene rings is 1. The zero-order valence-corrected chi connectivity index (χ0v) is 12.1. The summed E-state index contributed by atoms with van der Waals surface area (Å²) in [6.07, 6.45) is -3.08. The molecule has 1 heterocycles. The zero-order valence-electron chi connectivity index (χ0n) is 12.1. The molecule has 1 aromatic heterocycles. The van der Waals surface area contributed by atoms with Gasteiger partial charge in [-0.1, -0.05) is 26.3 Å². The van der Waals surface area contributed by atoms with Gasteiger partial charge < -0.3 is 0 Å². The zero-order chi connectivity index (χ0) is 15.3. The molecule has 0 radical (unpaired) electrons. The Bertz CT molecular complexity index is 556. The molecule has 2 rings (SSSR count). The van der Waals surface area contributed by atoms with Crippen LogP contribution in [-0.4, -0.2) is 9.78 Å². The summed E-state index contributed by atoms with van der Waals surface area (Å²) < 4.78 is 39.2. The Balaban J connectivity index is 0.000000612. The Labute approximate surface area is 117 Å². The van der Waals surface area contributed by atoms with E-state index in [1.54, 1.807) is 19.9 Å². The molecule has 0 aliphatic carbocycles.